The van der Waals surface area contributed by atoms with E-state index in [1.54, 1.807) is 12.2 Å². The van der Waals surface area contributed by atoms with Crippen molar-refractivity contribution in [2.24, 2.45) is 5.41 Å². The largest absolute Gasteiger partial charge is 0.382 e. The Bertz CT molecular complexity index is 1120. The van der Waals surface area contributed by atoms with Gasteiger partial charge in [0.1, 0.15) is 35.1 Å². The van der Waals surface area contributed by atoms with Gasteiger partial charge in [-0.1, -0.05) is 24.0 Å². The van der Waals surface area contributed by atoms with E-state index in [0.717, 1.165) is 16.4 Å². The molecule has 1 N–H and O–H groups in total. The molecule has 0 fully saturated rings. The van der Waals surface area contributed by atoms with Gasteiger partial charge in [0.2, 0.25) is 10.0 Å². The van der Waals surface area contributed by atoms with Crippen LogP contribution in [0.15, 0.2) is 43.0 Å². The average Bonchev–Trinajstić information content (AvgIpc) is 3.18. The molecule has 0 aliphatic carbocycles. The molecule has 1 heterocycles. The van der Waals surface area contributed by atoms with E-state index in [2.05, 4.69) is 21.9 Å². The number of halogens is 2. The van der Waals surface area contributed by atoms with Crippen molar-refractivity contribution in [1.82, 2.24) is 19.1 Å². The van der Waals surface area contributed by atoms with E-state index in [0.29, 0.717) is 6.07 Å². The van der Waals surface area contributed by atoms with Crippen LogP contribution in [0.25, 0.3) is 0 Å². The smallest absolute Gasteiger partial charge is 0.220 e. The first-order chi connectivity index (χ1) is 14.8. The summed E-state index contributed by atoms with van der Waals surface area (Å²) in [6, 6.07) is 2.60. The van der Waals surface area contributed by atoms with Crippen molar-refractivity contribution in [2.45, 2.75) is 45.1 Å². The predicted octanol–water partition coefficient (Wildman–Crippen LogP) is 2.70. The Morgan fingerprint density at radius 3 is 2.56 bits per heavy atom. The van der Waals surface area contributed by atoms with E-state index < -0.39 is 39.1 Å². The van der Waals surface area contributed by atoms with Crippen molar-refractivity contribution in [3.8, 4) is 11.8 Å². The number of likely N-dealkylation sites (N-methyl/N-ethyl adjacent to an activating group) is 1. The van der Waals surface area contributed by atoms with Gasteiger partial charge in [0.25, 0.3) is 0 Å². The van der Waals surface area contributed by atoms with Crippen LogP contribution in [0.4, 0.5) is 8.78 Å². The molecule has 0 amide bonds. The third-order valence-electron chi connectivity index (χ3n) is 4.83. The van der Waals surface area contributed by atoms with Gasteiger partial charge >= 0.3 is 0 Å². The highest BCUT2D eigenvalue weighted by Crippen LogP contribution is 2.34. The molecular formula is C22H28F2N4O3S. The molecule has 0 saturated carbocycles. The van der Waals surface area contributed by atoms with Gasteiger partial charge < -0.3 is 5.11 Å². The minimum absolute atomic E-state index is 0.00317. The van der Waals surface area contributed by atoms with Crippen molar-refractivity contribution in [2.75, 3.05) is 13.6 Å². The standard InChI is InChI=1S/C22H28F2N4O3S/c1-17(32(30,31)27(5)12-8-6-7-11-21(2,3)4)22(29,14-28-16-25-15-26-28)19-10-9-18(23)13-20(19)24/h6,8-10,13,15-17,29H,12,14H2,1-5H3/b8-6+/t17-,22-/m1/s1. The van der Waals surface area contributed by atoms with Crippen LogP contribution in [-0.2, 0) is 22.2 Å². The molecule has 0 saturated heterocycles. The van der Waals surface area contributed by atoms with Crippen molar-refractivity contribution in [3.63, 3.8) is 0 Å². The molecule has 1 aromatic heterocycles. The third kappa shape index (κ3) is 6.22. The number of benzene rings is 1. The average molecular weight is 467 g/mol. The highest BCUT2D eigenvalue weighted by molar-refractivity contribution is 7.89. The number of hydrogen-bond acceptors (Lipinski definition) is 5. The van der Waals surface area contributed by atoms with Crippen LogP contribution in [0.1, 0.15) is 33.3 Å². The Kier molecular flexibility index (Phi) is 7.93. The summed E-state index contributed by atoms with van der Waals surface area (Å²) in [6.07, 6.45) is 5.61. The van der Waals surface area contributed by atoms with Crippen LogP contribution in [0, 0.1) is 28.9 Å². The third-order valence-corrected chi connectivity index (χ3v) is 7.13. The maximum absolute atomic E-state index is 14.6. The van der Waals surface area contributed by atoms with Gasteiger partial charge in [0.05, 0.1) is 6.54 Å². The molecule has 0 aliphatic rings. The molecule has 174 valence electrons. The Morgan fingerprint density at radius 1 is 1.31 bits per heavy atom. The zero-order valence-corrected chi connectivity index (χ0v) is 19.6. The van der Waals surface area contributed by atoms with Crippen LogP contribution in [-0.4, -0.2) is 51.4 Å². The summed E-state index contributed by atoms with van der Waals surface area (Å²) >= 11 is 0. The number of hydrogen-bond donors (Lipinski definition) is 1. The van der Waals surface area contributed by atoms with Crippen molar-refractivity contribution >= 4 is 10.0 Å². The number of aliphatic hydroxyl groups is 1. The lowest BCUT2D eigenvalue weighted by molar-refractivity contribution is 0.00984. The van der Waals surface area contributed by atoms with Crippen molar-refractivity contribution in [3.05, 3.63) is 60.2 Å². The summed E-state index contributed by atoms with van der Waals surface area (Å²) in [5.74, 6) is 3.96. The van der Waals surface area contributed by atoms with Gasteiger partial charge in [-0.3, -0.25) is 0 Å². The Hall–Kier alpha value is -2.61. The first-order valence-corrected chi connectivity index (χ1v) is 11.4. The van der Waals surface area contributed by atoms with E-state index >= 15 is 0 Å². The molecule has 0 unspecified atom stereocenters. The van der Waals surface area contributed by atoms with Gasteiger partial charge in [-0.05, 0) is 39.8 Å². The monoisotopic (exact) mass is 466 g/mol. The molecule has 0 bridgehead atoms. The second-order valence-corrected chi connectivity index (χ2v) is 10.9. The molecule has 2 aromatic rings. The minimum Gasteiger partial charge on any atom is -0.382 e. The van der Waals surface area contributed by atoms with Crippen molar-refractivity contribution in [1.29, 1.82) is 0 Å². The Balaban J connectivity index is 2.37. The van der Waals surface area contributed by atoms with Gasteiger partial charge in [0.15, 0.2) is 0 Å². The highest BCUT2D eigenvalue weighted by Gasteiger charge is 2.47. The highest BCUT2D eigenvalue weighted by atomic mass is 32.2. The zero-order chi connectivity index (χ0) is 24.2. The molecule has 7 nitrogen and oxygen atoms in total. The second-order valence-electron chi connectivity index (χ2n) is 8.53. The lowest BCUT2D eigenvalue weighted by Crippen LogP contribution is -2.50. The normalized spacial score (nSPS) is 15.4. The number of rotatable bonds is 8. The molecule has 1 aromatic carbocycles. The lowest BCUT2D eigenvalue weighted by Gasteiger charge is -2.36. The maximum atomic E-state index is 14.6. The molecule has 2 rings (SSSR count). The van der Waals surface area contributed by atoms with Gasteiger partial charge in [-0.2, -0.15) is 5.10 Å². The SMILES string of the molecule is C[C@H]([C@](O)(Cn1cncn1)c1ccc(F)cc1F)S(=O)(=O)N(C)C/C=C/C#CC(C)(C)C. The summed E-state index contributed by atoms with van der Waals surface area (Å²) in [7, 11) is -2.78. The van der Waals surface area contributed by atoms with Crippen molar-refractivity contribution < 1.29 is 22.3 Å². The van der Waals surface area contributed by atoms with E-state index in [9.17, 15) is 22.3 Å². The molecule has 32 heavy (non-hydrogen) atoms. The van der Waals surface area contributed by atoms with Crippen LogP contribution >= 0.6 is 0 Å². The van der Waals surface area contributed by atoms with Crippen LogP contribution in [0.5, 0.6) is 0 Å². The van der Waals surface area contributed by atoms with Gasteiger partial charge in [-0.25, -0.2) is 31.2 Å². The van der Waals surface area contributed by atoms with Crippen LogP contribution in [0.2, 0.25) is 0 Å². The van der Waals surface area contributed by atoms with Gasteiger partial charge in [-0.15, -0.1) is 0 Å². The Morgan fingerprint density at radius 2 is 2.00 bits per heavy atom. The molecule has 2 atom stereocenters. The fraction of sp³-hybridized carbons (Fsp3) is 0.455. The molecule has 10 heteroatoms. The molecule has 0 spiro atoms. The minimum atomic E-state index is -4.13. The molecular weight excluding hydrogens is 438 g/mol. The Labute approximate surface area is 187 Å². The summed E-state index contributed by atoms with van der Waals surface area (Å²) in [5, 5.41) is 13.9. The topological polar surface area (TPSA) is 88.3 Å². The number of sulfonamides is 1. The summed E-state index contributed by atoms with van der Waals surface area (Å²) in [5.41, 5.74) is -2.80. The summed E-state index contributed by atoms with van der Waals surface area (Å²) in [4.78, 5) is 3.77. The lowest BCUT2D eigenvalue weighted by atomic mass is 9.90. The zero-order valence-electron chi connectivity index (χ0n) is 18.7. The molecule has 0 radical (unpaired) electrons. The fourth-order valence-corrected chi connectivity index (χ4v) is 4.50. The number of allylic oxidation sites excluding steroid dienone is 1. The predicted molar refractivity (Wildman–Crippen MR) is 118 cm³/mol. The fourth-order valence-electron chi connectivity index (χ4n) is 2.97. The maximum Gasteiger partial charge on any atom is 0.220 e. The number of aromatic nitrogens is 3. The summed E-state index contributed by atoms with van der Waals surface area (Å²) < 4.78 is 56.8. The summed E-state index contributed by atoms with van der Waals surface area (Å²) in [6.45, 7) is 6.73. The van der Waals surface area contributed by atoms with E-state index in [1.165, 1.54) is 31.3 Å². The number of nitrogens with zero attached hydrogens (tertiary/aromatic N) is 4. The van der Waals surface area contributed by atoms with E-state index in [-0.39, 0.29) is 17.5 Å². The van der Waals surface area contributed by atoms with E-state index in [1.807, 2.05) is 20.8 Å². The van der Waals surface area contributed by atoms with Crippen LogP contribution < -0.4 is 0 Å². The first kappa shape index (κ1) is 25.6. The second kappa shape index (κ2) is 9.90. The van der Waals surface area contributed by atoms with Gasteiger partial charge in [0, 0.05) is 30.6 Å². The van der Waals surface area contributed by atoms with E-state index in [4.69, 9.17) is 0 Å². The quantitative estimate of drug-likeness (QED) is 0.605. The van der Waals surface area contributed by atoms with Crippen LogP contribution in [0.3, 0.4) is 0 Å². The first-order valence-electron chi connectivity index (χ1n) is 9.90. The molecule has 0 aliphatic heterocycles.